The maximum atomic E-state index is 13.4. The van der Waals surface area contributed by atoms with Crippen molar-refractivity contribution < 1.29 is 24.1 Å². The SMILES string of the molecule is CO[C@@H]1C[C@@]23COC[C@](C)([C@@H]2CC[C@H]2C3=CC[C@@]3(C)[C@H](C(=O)O)[C@@](C)([C@H](C)C(C)C)CC[C@]23C)[C@H]1OCc1csc([C@H](C)N=C(N)N)n1. The first-order valence-electron chi connectivity index (χ1n) is 18.2. The predicted octanol–water partition coefficient (Wildman–Crippen LogP) is 6.97. The van der Waals surface area contributed by atoms with Crippen LogP contribution in [0.5, 0.6) is 0 Å². The molecule has 2 heterocycles. The van der Waals surface area contributed by atoms with E-state index < -0.39 is 11.9 Å². The van der Waals surface area contributed by atoms with Crippen LogP contribution in [0.1, 0.15) is 111 Å². The molecule has 268 valence electrons. The second-order valence-corrected chi connectivity index (χ2v) is 18.4. The second-order valence-electron chi connectivity index (χ2n) is 17.5. The van der Waals surface area contributed by atoms with Crippen LogP contribution in [0.25, 0.3) is 0 Å². The minimum Gasteiger partial charge on any atom is -0.481 e. The van der Waals surface area contributed by atoms with Gasteiger partial charge in [0.2, 0.25) is 0 Å². The van der Waals surface area contributed by atoms with E-state index >= 15 is 0 Å². The number of carboxylic acids is 1. The number of rotatable bonds is 9. The van der Waals surface area contributed by atoms with E-state index in [9.17, 15) is 9.90 Å². The zero-order valence-electron chi connectivity index (χ0n) is 30.7. The van der Waals surface area contributed by atoms with Crippen LogP contribution >= 0.6 is 11.3 Å². The number of methoxy groups -OCH3 is 1. The van der Waals surface area contributed by atoms with Gasteiger partial charge in [-0.3, -0.25) is 4.79 Å². The van der Waals surface area contributed by atoms with Gasteiger partial charge in [0.15, 0.2) is 5.96 Å². The molecule has 5 N–H and O–H groups in total. The van der Waals surface area contributed by atoms with E-state index in [1.54, 1.807) is 11.3 Å². The van der Waals surface area contributed by atoms with Gasteiger partial charge in [-0.15, -0.1) is 11.3 Å². The third kappa shape index (κ3) is 5.12. The summed E-state index contributed by atoms with van der Waals surface area (Å²) in [5.74, 6) is 0.512. The van der Waals surface area contributed by atoms with Gasteiger partial charge < -0.3 is 30.8 Å². The van der Waals surface area contributed by atoms with Crippen LogP contribution in [-0.4, -0.2) is 54.6 Å². The summed E-state index contributed by atoms with van der Waals surface area (Å²) in [6.45, 7) is 19.8. The first kappa shape index (κ1) is 35.8. The maximum Gasteiger partial charge on any atom is 0.307 e. The molecule has 5 aliphatic rings. The van der Waals surface area contributed by atoms with E-state index in [1.165, 1.54) is 5.57 Å². The molecule has 0 radical (unpaired) electrons. The molecule has 48 heavy (non-hydrogen) atoms. The number of carboxylic acid groups (broad SMARTS) is 1. The normalized spacial score (nSPS) is 43.3. The lowest BCUT2D eigenvalue weighted by Crippen LogP contribution is -2.70. The molecule has 2 bridgehead atoms. The van der Waals surface area contributed by atoms with Crippen LogP contribution < -0.4 is 11.5 Å². The third-order valence-electron chi connectivity index (χ3n) is 15.1. The van der Waals surface area contributed by atoms with Gasteiger partial charge in [0, 0.05) is 23.3 Å². The Balaban J connectivity index is 1.32. The zero-order chi connectivity index (χ0) is 35.0. The van der Waals surface area contributed by atoms with Gasteiger partial charge in [-0.05, 0) is 85.4 Å². The van der Waals surface area contributed by atoms with Gasteiger partial charge in [-0.25, -0.2) is 9.98 Å². The number of hydrogen-bond donors (Lipinski definition) is 3. The molecule has 1 aromatic heterocycles. The molecule has 1 aromatic rings. The average Bonchev–Trinajstić information content (AvgIpc) is 3.49. The van der Waals surface area contributed by atoms with Crippen molar-refractivity contribution in [2.75, 3.05) is 20.3 Å². The summed E-state index contributed by atoms with van der Waals surface area (Å²) in [5, 5.41) is 13.9. The molecule has 0 amide bonds. The molecule has 0 aromatic carbocycles. The molecule has 1 aliphatic heterocycles. The van der Waals surface area contributed by atoms with Crippen molar-refractivity contribution in [2.24, 2.45) is 73.1 Å². The van der Waals surface area contributed by atoms with Crippen LogP contribution in [0, 0.1) is 56.7 Å². The number of nitrogens with zero attached hydrogens (tertiary/aromatic N) is 2. The maximum absolute atomic E-state index is 13.4. The standard InChI is InChI=1S/C38H60N4O5S/c1-21(2)22(3)34(5)14-15-36(7)25-10-11-28-35(6)19-46-20-38(28,26(25)12-13-37(36,8)29(34)32(43)44)16-27(45-9)30(35)47-17-24-18-48-31(42-24)23(4)41-33(39)40/h12,18,21-23,25,27-30H,10-11,13-17,19-20H2,1-9H3,(H,43,44)(H4,39,40,41)/t22-,23+,25+,27-,28+,29-,30+,34-,35-,36-,37+,38+/m1/s1. The third-order valence-corrected chi connectivity index (χ3v) is 16.1. The van der Waals surface area contributed by atoms with Crippen molar-refractivity contribution in [3.8, 4) is 0 Å². The number of nitrogens with two attached hydrogens (primary N) is 2. The molecule has 1 saturated heterocycles. The van der Waals surface area contributed by atoms with Crippen LogP contribution in [0.15, 0.2) is 22.0 Å². The van der Waals surface area contributed by atoms with Crippen molar-refractivity contribution in [1.82, 2.24) is 4.98 Å². The quantitative estimate of drug-likeness (QED) is 0.144. The Hall–Kier alpha value is -2.01. The van der Waals surface area contributed by atoms with Gasteiger partial charge in [-0.1, -0.05) is 60.1 Å². The van der Waals surface area contributed by atoms with Crippen molar-refractivity contribution >= 4 is 23.3 Å². The first-order chi connectivity index (χ1) is 22.5. The number of aromatic nitrogens is 1. The van der Waals surface area contributed by atoms with Crippen molar-refractivity contribution in [3.63, 3.8) is 0 Å². The topological polar surface area (TPSA) is 142 Å². The lowest BCUT2D eigenvalue weighted by atomic mass is 9.34. The molecule has 0 spiro atoms. The summed E-state index contributed by atoms with van der Waals surface area (Å²) in [6.07, 6.45) is 8.05. The number of hydrogen-bond acceptors (Lipinski definition) is 7. The number of guanidine groups is 1. The van der Waals surface area contributed by atoms with E-state index in [1.807, 2.05) is 19.4 Å². The van der Waals surface area contributed by atoms with Gasteiger partial charge in [0.05, 0.1) is 43.6 Å². The zero-order valence-corrected chi connectivity index (χ0v) is 31.5. The molecule has 4 aliphatic carbocycles. The molecule has 0 unspecified atom stereocenters. The molecular formula is C38H60N4O5S. The highest BCUT2D eigenvalue weighted by Crippen LogP contribution is 2.75. The van der Waals surface area contributed by atoms with E-state index in [0.717, 1.165) is 49.2 Å². The van der Waals surface area contributed by atoms with E-state index in [-0.39, 0.29) is 51.3 Å². The second kappa shape index (κ2) is 12.3. The Bertz CT molecular complexity index is 1460. The fourth-order valence-electron chi connectivity index (χ4n) is 12.1. The summed E-state index contributed by atoms with van der Waals surface area (Å²) in [6, 6.07) is -0.204. The highest BCUT2D eigenvalue weighted by atomic mass is 32.1. The Kier molecular flexibility index (Phi) is 9.21. The Morgan fingerprint density at radius 3 is 2.50 bits per heavy atom. The minimum atomic E-state index is -0.620. The van der Waals surface area contributed by atoms with Gasteiger partial charge in [0.25, 0.3) is 0 Å². The summed E-state index contributed by atoms with van der Waals surface area (Å²) >= 11 is 1.54. The molecule has 4 fully saturated rings. The summed E-state index contributed by atoms with van der Waals surface area (Å²) in [5.41, 5.74) is 12.5. The number of allylic oxidation sites excluding steroid dienone is 1. The lowest BCUT2D eigenvalue weighted by Gasteiger charge is -2.71. The van der Waals surface area contributed by atoms with Crippen LogP contribution in [0.2, 0.25) is 0 Å². The number of carbonyl (C=O) groups is 1. The first-order valence-corrected chi connectivity index (χ1v) is 19.0. The summed E-state index contributed by atoms with van der Waals surface area (Å²) < 4.78 is 19.8. The molecule has 6 rings (SSSR count). The predicted molar refractivity (Wildman–Crippen MR) is 189 cm³/mol. The minimum absolute atomic E-state index is 0.0557. The fraction of sp³-hybridized carbons (Fsp3) is 0.816. The monoisotopic (exact) mass is 684 g/mol. The van der Waals surface area contributed by atoms with Gasteiger partial charge in [0.1, 0.15) is 11.0 Å². The number of fused-ring (bicyclic) bond motifs is 3. The van der Waals surface area contributed by atoms with Crippen molar-refractivity contribution in [3.05, 3.63) is 27.7 Å². The molecule has 3 saturated carbocycles. The van der Waals surface area contributed by atoms with E-state index in [4.69, 9.17) is 30.7 Å². The fourth-order valence-corrected chi connectivity index (χ4v) is 12.9. The number of ether oxygens (including phenoxy) is 3. The van der Waals surface area contributed by atoms with Crippen LogP contribution in [0.3, 0.4) is 0 Å². The molecule has 10 heteroatoms. The summed E-state index contributed by atoms with van der Waals surface area (Å²) in [7, 11) is 1.82. The number of aliphatic imine (C=N–C) groups is 1. The van der Waals surface area contributed by atoms with Crippen LogP contribution in [-0.2, 0) is 25.6 Å². The van der Waals surface area contributed by atoms with E-state index in [0.29, 0.717) is 43.5 Å². The van der Waals surface area contributed by atoms with E-state index in [2.05, 4.69) is 59.5 Å². The van der Waals surface area contributed by atoms with Gasteiger partial charge >= 0.3 is 5.97 Å². The summed E-state index contributed by atoms with van der Waals surface area (Å²) in [4.78, 5) is 22.4. The highest BCUT2D eigenvalue weighted by molar-refractivity contribution is 7.09. The number of aliphatic carboxylic acids is 1. The molecule has 9 nitrogen and oxygen atoms in total. The largest absolute Gasteiger partial charge is 0.481 e. The highest BCUT2D eigenvalue weighted by Gasteiger charge is 2.71. The molecule has 12 atom stereocenters. The Morgan fingerprint density at radius 1 is 1.12 bits per heavy atom. The smallest absolute Gasteiger partial charge is 0.307 e. The number of thiazole rings is 1. The van der Waals surface area contributed by atoms with Crippen LogP contribution in [0.4, 0.5) is 0 Å². The Morgan fingerprint density at radius 2 is 1.85 bits per heavy atom. The molecular weight excluding hydrogens is 625 g/mol. The lowest BCUT2D eigenvalue weighted by molar-refractivity contribution is -0.269. The van der Waals surface area contributed by atoms with Gasteiger partial charge in [-0.2, -0.15) is 0 Å². The van der Waals surface area contributed by atoms with Crippen molar-refractivity contribution in [1.29, 1.82) is 0 Å². The average molecular weight is 685 g/mol. The van der Waals surface area contributed by atoms with Crippen molar-refractivity contribution in [2.45, 2.75) is 119 Å². The Labute approximate surface area is 291 Å².